The van der Waals surface area contributed by atoms with Crippen molar-refractivity contribution in [3.8, 4) is 0 Å². The monoisotopic (exact) mass is 138 g/mol. The molecule has 0 atom stereocenters. The minimum atomic E-state index is -0.600. The molecule has 0 aliphatic heterocycles. The van der Waals surface area contributed by atoms with Gasteiger partial charge >= 0.3 is 35.5 Å². The maximum absolute atomic E-state index is 10.1. The van der Waals surface area contributed by atoms with Gasteiger partial charge in [0.25, 0.3) is 0 Å². The summed E-state index contributed by atoms with van der Waals surface area (Å²) in [6.07, 6.45) is 0.889. The molecule has 46 valence electrons. The summed E-state index contributed by atoms with van der Waals surface area (Å²) in [6.45, 7) is 1.29. The van der Waals surface area contributed by atoms with E-state index in [2.05, 4.69) is 4.74 Å². The maximum Gasteiger partial charge on any atom is 1.00 e. The van der Waals surface area contributed by atoms with Crippen molar-refractivity contribution in [3.63, 3.8) is 0 Å². The van der Waals surface area contributed by atoms with E-state index in [1.54, 1.807) is 0 Å². The van der Waals surface area contributed by atoms with Gasteiger partial charge in [-0.3, -0.25) is 0 Å². The van der Waals surface area contributed by atoms with Crippen LogP contribution < -0.4 is 34.7 Å². The zero-order chi connectivity index (χ0) is 6.57. The Morgan fingerprint density at radius 3 is 2.22 bits per heavy atom. The van der Waals surface area contributed by atoms with Crippen molar-refractivity contribution in [2.24, 2.45) is 0 Å². The Morgan fingerprint density at radius 2 is 2.11 bits per heavy atom. The van der Waals surface area contributed by atoms with Gasteiger partial charge in [-0.1, -0.05) is 6.92 Å². The summed E-state index contributed by atoms with van der Waals surface area (Å²) in [5.41, 5.74) is 0. The Balaban J connectivity index is 0. The molecule has 0 fully saturated rings. The van der Waals surface area contributed by atoms with E-state index in [9.17, 15) is 9.90 Å². The summed E-state index contributed by atoms with van der Waals surface area (Å²) in [7, 11) is 1.22. The number of rotatable bonds is 1. The normalized spacial score (nSPS) is 9.78. The van der Waals surface area contributed by atoms with Crippen LogP contribution in [-0.2, 0) is 9.53 Å². The van der Waals surface area contributed by atoms with E-state index >= 15 is 0 Å². The third kappa shape index (κ3) is 8.01. The molecule has 0 aromatic heterocycles. The zero-order valence-electron chi connectivity index (χ0n) is 5.80. The van der Waals surface area contributed by atoms with E-state index in [0.29, 0.717) is 0 Å². The van der Waals surface area contributed by atoms with Crippen molar-refractivity contribution in [1.82, 2.24) is 0 Å². The second-order valence-electron chi connectivity index (χ2n) is 1.28. The summed E-state index contributed by atoms with van der Waals surface area (Å²) in [5, 5.41) is 10.1. The van der Waals surface area contributed by atoms with E-state index in [4.69, 9.17) is 0 Å². The van der Waals surface area contributed by atoms with Crippen LogP contribution >= 0.6 is 0 Å². The summed E-state index contributed by atoms with van der Waals surface area (Å²) in [5.74, 6) is -0.894. The Kier molecular flexibility index (Phi) is 8.02. The molecule has 0 saturated heterocycles. The van der Waals surface area contributed by atoms with Gasteiger partial charge in [-0.2, -0.15) is 0 Å². The van der Waals surface area contributed by atoms with Crippen molar-refractivity contribution in [2.75, 3.05) is 7.11 Å². The van der Waals surface area contributed by atoms with Crippen LogP contribution in [0.25, 0.3) is 0 Å². The van der Waals surface area contributed by atoms with Gasteiger partial charge in [0, 0.05) is 6.08 Å². The molecule has 0 rings (SSSR count). The molecule has 0 radical (unpaired) electrons. The first-order valence-electron chi connectivity index (χ1n) is 2.10. The van der Waals surface area contributed by atoms with Gasteiger partial charge < -0.3 is 9.84 Å². The Hall–Kier alpha value is 0.0100. The van der Waals surface area contributed by atoms with E-state index in [-0.39, 0.29) is 35.3 Å². The van der Waals surface area contributed by atoms with Gasteiger partial charge in [-0.25, -0.2) is 4.79 Å². The molecule has 0 aromatic rings. The topological polar surface area (TPSA) is 49.4 Å². The number of carbonyl (C=O) groups is 1. The standard InChI is InChI=1S/C5H8O3.Na/c1-4(6)3-5(7)8-2;/h3,6H,1-2H3;/q;+1/p-1/b4-3+;. The van der Waals surface area contributed by atoms with Crippen LogP contribution in [0.2, 0.25) is 0 Å². The van der Waals surface area contributed by atoms with Gasteiger partial charge in [0.2, 0.25) is 0 Å². The summed E-state index contributed by atoms with van der Waals surface area (Å²) in [4.78, 5) is 10.1. The number of methoxy groups -OCH3 is 1. The number of carbonyl (C=O) groups excluding carboxylic acids is 1. The number of esters is 1. The van der Waals surface area contributed by atoms with E-state index in [0.717, 1.165) is 6.08 Å². The average molecular weight is 138 g/mol. The second-order valence-corrected chi connectivity index (χ2v) is 1.28. The fourth-order valence-corrected chi connectivity index (χ4v) is 0.225. The first kappa shape index (κ1) is 11.8. The van der Waals surface area contributed by atoms with Crippen LogP contribution in [0.4, 0.5) is 0 Å². The summed E-state index contributed by atoms with van der Waals surface area (Å²) >= 11 is 0. The van der Waals surface area contributed by atoms with Crippen molar-refractivity contribution in [2.45, 2.75) is 6.92 Å². The fraction of sp³-hybridized carbons (Fsp3) is 0.400. The largest absolute Gasteiger partial charge is 1.00 e. The molecule has 0 amide bonds. The fourth-order valence-electron chi connectivity index (χ4n) is 0.225. The quantitative estimate of drug-likeness (QED) is 0.163. The molecule has 3 nitrogen and oxygen atoms in total. The van der Waals surface area contributed by atoms with Gasteiger partial charge in [0.15, 0.2) is 0 Å². The van der Waals surface area contributed by atoms with Crippen LogP contribution in [0.3, 0.4) is 0 Å². The van der Waals surface area contributed by atoms with Crippen molar-refractivity contribution >= 4 is 5.97 Å². The molecule has 0 heterocycles. The minimum absolute atomic E-state index is 0. The molecule has 4 heteroatoms. The summed E-state index contributed by atoms with van der Waals surface area (Å²) in [6, 6.07) is 0. The molecule has 0 aromatic carbocycles. The number of ether oxygens (including phenoxy) is 1. The number of allylic oxidation sites excluding steroid dienone is 1. The molecular weight excluding hydrogens is 131 g/mol. The molecule has 0 spiro atoms. The van der Waals surface area contributed by atoms with Crippen LogP contribution in [0.15, 0.2) is 11.8 Å². The molecule has 0 saturated carbocycles. The number of hydrogen-bond donors (Lipinski definition) is 0. The molecule has 0 N–H and O–H groups in total. The van der Waals surface area contributed by atoms with Gasteiger partial charge in [-0.05, 0) is 0 Å². The van der Waals surface area contributed by atoms with Crippen molar-refractivity contribution < 1.29 is 44.2 Å². The van der Waals surface area contributed by atoms with E-state index in [1.807, 2.05) is 0 Å². The molecule has 0 aliphatic rings. The Morgan fingerprint density at radius 1 is 1.67 bits per heavy atom. The van der Waals surface area contributed by atoms with Crippen LogP contribution in [-0.4, -0.2) is 13.1 Å². The maximum atomic E-state index is 10.1. The molecule has 9 heavy (non-hydrogen) atoms. The summed E-state index contributed by atoms with van der Waals surface area (Å²) < 4.78 is 4.15. The van der Waals surface area contributed by atoms with Crippen LogP contribution in [0, 0.1) is 0 Å². The third-order valence-electron chi connectivity index (χ3n) is 0.522. The molecule has 0 unspecified atom stereocenters. The molecular formula is C5H7NaO3. The smallest absolute Gasteiger partial charge is 0.875 e. The van der Waals surface area contributed by atoms with E-state index < -0.39 is 5.97 Å². The average Bonchev–Trinajstić information content (AvgIpc) is 1.65. The second kappa shape index (κ2) is 6.13. The Labute approximate surface area is 76.0 Å². The predicted octanol–water partition coefficient (Wildman–Crippen LogP) is -3.57. The zero-order valence-corrected chi connectivity index (χ0v) is 7.80. The Bertz CT molecular complexity index is 115. The predicted molar refractivity (Wildman–Crippen MR) is 25.8 cm³/mol. The first-order chi connectivity index (χ1) is 3.66. The van der Waals surface area contributed by atoms with Crippen molar-refractivity contribution in [3.05, 3.63) is 11.8 Å². The van der Waals surface area contributed by atoms with E-state index in [1.165, 1.54) is 14.0 Å². The molecule has 0 bridgehead atoms. The van der Waals surface area contributed by atoms with Gasteiger partial charge in [-0.15, -0.1) is 5.76 Å². The van der Waals surface area contributed by atoms with Crippen LogP contribution in [0.1, 0.15) is 6.92 Å². The van der Waals surface area contributed by atoms with Crippen molar-refractivity contribution in [1.29, 1.82) is 0 Å². The van der Waals surface area contributed by atoms with Gasteiger partial charge in [0.1, 0.15) is 0 Å². The minimum Gasteiger partial charge on any atom is -0.875 e. The van der Waals surface area contributed by atoms with Crippen LogP contribution in [0.5, 0.6) is 0 Å². The SMILES string of the molecule is COC(=O)/C=C(\C)[O-].[Na+]. The third-order valence-corrected chi connectivity index (χ3v) is 0.522. The molecule has 0 aliphatic carbocycles. The first-order valence-corrected chi connectivity index (χ1v) is 2.10. The van der Waals surface area contributed by atoms with Gasteiger partial charge in [0.05, 0.1) is 7.11 Å². The number of hydrogen-bond acceptors (Lipinski definition) is 3.